The van der Waals surface area contributed by atoms with Crippen molar-refractivity contribution in [2.24, 2.45) is 17.8 Å². The first-order chi connectivity index (χ1) is 5.56. The fourth-order valence-corrected chi connectivity index (χ4v) is 2.55. The van der Waals surface area contributed by atoms with E-state index >= 15 is 0 Å². The van der Waals surface area contributed by atoms with Gasteiger partial charge in [0.25, 0.3) is 0 Å². The van der Waals surface area contributed by atoms with E-state index in [9.17, 15) is 0 Å². The van der Waals surface area contributed by atoms with Crippen LogP contribution in [-0.4, -0.2) is 6.54 Å². The third-order valence-electron chi connectivity index (χ3n) is 2.10. The number of halogens is 1. The van der Waals surface area contributed by atoms with Crippen LogP contribution in [0.3, 0.4) is 0 Å². The molecule has 0 aliphatic rings. The Balaban J connectivity index is 3.46. The third-order valence-corrected chi connectivity index (χ3v) is 2.54. The summed E-state index contributed by atoms with van der Waals surface area (Å²) in [7, 11) is 0. The molecule has 0 amide bonds. The minimum Gasteiger partial charge on any atom is -0.261 e. The highest BCUT2D eigenvalue weighted by Crippen LogP contribution is 2.18. The number of rotatable bonds is 6. The summed E-state index contributed by atoms with van der Waals surface area (Å²) in [5.41, 5.74) is 0. The molecule has 0 saturated heterocycles. The molecule has 0 aliphatic heterocycles. The van der Waals surface area contributed by atoms with Gasteiger partial charge < -0.3 is 0 Å². The Morgan fingerprint density at radius 1 is 1.00 bits per heavy atom. The van der Waals surface area contributed by atoms with Crippen LogP contribution in [0, 0.1) is 17.8 Å². The third kappa shape index (κ3) is 7.35. The van der Waals surface area contributed by atoms with Crippen LogP contribution in [0.15, 0.2) is 0 Å². The highest BCUT2D eigenvalue weighted by Gasteiger charge is 2.09. The number of nitrogens with one attached hydrogen (secondary N) is 1. The van der Waals surface area contributed by atoms with Crippen LogP contribution in [-0.2, 0) is 0 Å². The van der Waals surface area contributed by atoms with Gasteiger partial charge in [-0.15, -0.1) is 0 Å². The lowest BCUT2D eigenvalue weighted by Gasteiger charge is -2.18. The maximum atomic E-state index is 3.20. The van der Waals surface area contributed by atoms with Crippen molar-refractivity contribution in [3.05, 3.63) is 0 Å². The van der Waals surface area contributed by atoms with E-state index in [1.165, 1.54) is 12.8 Å². The van der Waals surface area contributed by atoms with E-state index in [1.54, 1.807) is 0 Å². The van der Waals surface area contributed by atoms with Crippen molar-refractivity contribution >= 4 is 22.9 Å². The Labute approximate surface area is 91.2 Å². The topological polar surface area (TPSA) is 12.0 Å². The molecule has 0 heterocycles. The molecule has 0 spiro atoms. The summed E-state index contributed by atoms with van der Waals surface area (Å²) in [4.78, 5) is 0. The van der Waals surface area contributed by atoms with Gasteiger partial charge in [-0.2, -0.15) is 0 Å². The van der Waals surface area contributed by atoms with Crippen molar-refractivity contribution in [2.45, 2.75) is 40.5 Å². The van der Waals surface area contributed by atoms with Gasteiger partial charge in [-0.1, -0.05) is 27.7 Å². The van der Waals surface area contributed by atoms with Gasteiger partial charge in [-0.3, -0.25) is 3.53 Å². The van der Waals surface area contributed by atoms with Gasteiger partial charge in [-0.05, 0) is 30.6 Å². The normalized spacial score (nSPS) is 16.5. The molecule has 0 aromatic heterocycles. The molecule has 0 aromatic carbocycles. The molecule has 2 atom stereocenters. The molecule has 12 heavy (non-hydrogen) atoms. The summed E-state index contributed by atoms with van der Waals surface area (Å²) >= 11 is 2.22. The fraction of sp³-hybridized carbons (Fsp3) is 1.00. The number of hydrogen-bond acceptors (Lipinski definition) is 1. The van der Waals surface area contributed by atoms with Crippen LogP contribution < -0.4 is 3.53 Å². The highest BCUT2D eigenvalue weighted by molar-refractivity contribution is 14.1. The molecule has 0 aromatic rings. The van der Waals surface area contributed by atoms with E-state index in [-0.39, 0.29) is 0 Å². The standard InChI is InChI=1S/C10H22IN/c1-8(2)5-9(3)6-10(4)7-12-11/h8-10,12H,5-7H2,1-4H3. The Morgan fingerprint density at radius 3 is 2.00 bits per heavy atom. The first-order valence-electron chi connectivity index (χ1n) is 4.89. The summed E-state index contributed by atoms with van der Waals surface area (Å²) in [6.07, 6.45) is 2.72. The van der Waals surface area contributed by atoms with E-state index in [0.29, 0.717) is 0 Å². The van der Waals surface area contributed by atoms with Crippen LogP contribution in [0.25, 0.3) is 0 Å². The summed E-state index contributed by atoms with van der Waals surface area (Å²) in [6.45, 7) is 10.4. The van der Waals surface area contributed by atoms with Crippen molar-refractivity contribution in [2.75, 3.05) is 6.54 Å². The van der Waals surface area contributed by atoms with Gasteiger partial charge >= 0.3 is 0 Å². The predicted molar refractivity (Wildman–Crippen MR) is 64.4 cm³/mol. The molecule has 2 unspecified atom stereocenters. The van der Waals surface area contributed by atoms with E-state index in [1.807, 2.05) is 0 Å². The smallest absolute Gasteiger partial charge is 0.0169 e. The van der Waals surface area contributed by atoms with Crippen LogP contribution in [0.4, 0.5) is 0 Å². The molecule has 2 heteroatoms. The zero-order valence-electron chi connectivity index (χ0n) is 8.73. The lowest BCUT2D eigenvalue weighted by molar-refractivity contribution is 0.357. The average molecular weight is 283 g/mol. The van der Waals surface area contributed by atoms with Gasteiger partial charge in [0.05, 0.1) is 0 Å². The summed E-state index contributed by atoms with van der Waals surface area (Å²) in [5.74, 6) is 2.54. The van der Waals surface area contributed by atoms with Gasteiger partial charge in [0.15, 0.2) is 0 Å². The van der Waals surface area contributed by atoms with E-state index in [4.69, 9.17) is 0 Å². The van der Waals surface area contributed by atoms with Crippen LogP contribution in [0.2, 0.25) is 0 Å². The quantitative estimate of drug-likeness (QED) is 0.579. The van der Waals surface area contributed by atoms with Gasteiger partial charge in [-0.25, -0.2) is 0 Å². The molecule has 0 fully saturated rings. The lowest BCUT2D eigenvalue weighted by atomic mass is 9.90. The molecular weight excluding hydrogens is 261 g/mol. The van der Waals surface area contributed by atoms with Crippen molar-refractivity contribution < 1.29 is 0 Å². The minimum absolute atomic E-state index is 0.815. The second-order valence-corrected chi connectivity index (χ2v) is 5.18. The van der Waals surface area contributed by atoms with Gasteiger partial charge in [0, 0.05) is 29.4 Å². The molecule has 0 rings (SSSR count). The van der Waals surface area contributed by atoms with Crippen molar-refractivity contribution in [3.63, 3.8) is 0 Å². The van der Waals surface area contributed by atoms with Crippen molar-refractivity contribution in [3.8, 4) is 0 Å². The highest BCUT2D eigenvalue weighted by atomic mass is 127. The second kappa shape index (κ2) is 7.13. The maximum Gasteiger partial charge on any atom is 0.0169 e. The largest absolute Gasteiger partial charge is 0.261 e. The molecule has 1 nitrogen and oxygen atoms in total. The van der Waals surface area contributed by atoms with E-state index in [2.05, 4.69) is 54.1 Å². The number of hydrogen-bond donors (Lipinski definition) is 1. The molecule has 0 radical (unpaired) electrons. The van der Waals surface area contributed by atoms with Gasteiger partial charge in [0.1, 0.15) is 0 Å². The predicted octanol–water partition coefficient (Wildman–Crippen LogP) is 3.63. The van der Waals surface area contributed by atoms with Crippen LogP contribution in [0.5, 0.6) is 0 Å². The van der Waals surface area contributed by atoms with Crippen LogP contribution >= 0.6 is 22.9 Å². The first-order valence-corrected chi connectivity index (χ1v) is 5.97. The Kier molecular flexibility index (Phi) is 7.54. The zero-order chi connectivity index (χ0) is 9.56. The summed E-state index contributed by atoms with van der Waals surface area (Å²) in [6, 6.07) is 0. The second-order valence-electron chi connectivity index (χ2n) is 4.41. The summed E-state index contributed by atoms with van der Waals surface area (Å²) in [5, 5.41) is 0. The lowest BCUT2D eigenvalue weighted by Crippen LogP contribution is -2.15. The van der Waals surface area contributed by atoms with Gasteiger partial charge in [0.2, 0.25) is 0 Å². The molecule has 0 aliphatic carbocycles. The monoisotopic (exact) mass is 283 g/mol. The molecular formula is C10H22IN. The summed E-state index contributed by atoms with van der Waals surface area (Å²) < 4.78 is 3.20. The maximum absolute atomic E-state index is 3.20. The molecule has 74 valence electrons. The van der Waals surface area contributed by atoms with E-state index in [0.717, 1.165) is 24.3 Å². The minimum atomic E-state index is 0.815. The Morgan fingerprint density at radius 2 is 1.58 bits per heavy atom. The van der Waals surface area contributed by atoms with E-state index < -0.39 is 0 Å². The molecule has 1 N–H and O–H groups in total. The first kappa shape index (κ1) is 12.7. The average Bonchev–Trinajstić information content (AvgIpc) is 1.84. The Hall–Kier alpha value is 0.690. The SMILES string of the molecule is CC(C)CC(C)CC(C)CNI. The molecule has 0 bridgehead atoms. The van der Waals surface area contributed by atoms with Crippen molar-refractivity contribution in [1.82, 2.24) is 3.53 Å². The Bertz CT molecular complexity index is 104. The fourth-order valence-electron chi connectivity index (χ4n) is 1.80. The van der Waals surface area contributed by atoms with Crippen LogP contribution in [0.1, 0.15) is 40.5 Å². The zero-order valence-corrected chi connectivity index (χ0v) is 10.9. The molecule has 0 saturated carbocycles. The van der Waals surface area contributed by atoms with Crippen molar-refractivity contribution in [1.29, 1.82) is 0 Å².